The van der Waals surface area contributed by atoms with Crippen molar-refractivity contribution in [2.75, 3.05) is 26.2 Å². The Morgan fingerprint density at radius 3 is 2.54 bits per heavy atom. The second kappa shape index (κ2) is 8.26. The molecule has 136 valence electrons. The van der Waals surface area contributed by atoms with Gasteiger partial charge < -0.3 is 9.47 Å². The average Bonchev–Trinajstić information content (AvgIpc) is 2.94. The number of nitrogens with zero attached hydrogens (tertiary/aromatic N) is 3. The quantitative estimate of drug-likeness (QED) is 0.765. The smallest absolute Gasteiger partial charge is 0.232 e. The van der Waals surface area contributed by atoms with E-state index in [9.17, 15) is 0 Å². The van der Waals surface area contributed by atoms with E-state index in [0.717, 1.165) is 38.4 Å². The molecule has 1 aliphatic heterocycles. The summed E-state index contributed by atoms with van der Waals surface area (Å²) in [6.07, 6.45) is 5.11. The van der Waals surface area contributed by atoms with E-state index in [0.29, 0.717) is 17.9 Å². The normalized spacial score (nSPS) is 20.5. The molecule has 1 aromatic rings. The zero-order chi connectivity index (χ0) is 17.7. The summed E-state index contributed by atoms with van der Waals surface area (Å²) < 4.78 is 11.8. The van der Waals surface area contributed by atoms with E-state index in [-0.39, 0.29) is 11.5 Å². The Balaban J connectivity index is 1.74. The first-order valence-electron chi connectivity index (χ1n) is 9.09. The summed E-state index contributed by atoms with van der Waals surface area (Å²) in [5.74, 6) is 1.19. The Hall–Kier alpha value is -1.20. The highest BCUT2D eigenvalue weighted by atomic mass is 16.5. The first-order valence-corrected chi connectivity index (χ1v) is 9.09. The molecule has 24 heavy (non-hydrogen) atoms. The van der Waals surface area contributed by atoms with Gasteiger partial charge in [-0.2, -0.15) is 0 Å². The van der Waals surface area contributed by atoms with Crippen LogP contribution >= 0.6 is 0 Å². The van der Waals surface area contributed by atoms with Gasteiger partial charge in [0.05, 0.1) is 30.8 Å². The van der Waals surface area contributed by atoms with Gasteiger partial charge in [-0.1, -0.05) is 34.6 Å². The molecular weight excluding hydrogens is 302 g/mol. The summed E-state index contributed by atoms with van der Waals surface area (Å²) >= 11 is 0. The summed E-state index contributed by atoms with van der Waals surface area (Å²) in [4.78, 5) is 11.3. The van der Waals surface area contributed by atoms with Crippen LogP contribution in [-0.4, -0.2) is 53.3 Å². The first kappa shape index (κ1) is 19.1. The highest BCUT2D eigenvalue weighted by Gasteiger charge is 2.24. The molecule has 0 amide bonds. The number of aromatic nitrogens is 2. The van der Waals surface area contributed by atoms with Crippen LogP contribution in [0.4, 0.5) is 0 Å². The van der Waals surface area contributed by atoms with Gasteiger partial charge >= 0.3 is 0 Å². The van der Waals surface area contributed by atoms with Gasteiger partial charge in [0.25, 0.3) is 0 Å². The highest BCUT2D eigenvalue weighted by Crippen LogP contribution is 2.21. The molecule has 0 aromatic carbocycles. The van der Waals surface area contributed by atoms with E-state index in [1.807, 2.05) is 6.20 Å². The Morgan fingerprint density at radius 2 is 1.96 bits per heavy atom. The van der Waals surface area contributed by atoms with E-state index in [4.69, 9.17) is 9.47 Å². The standard InChI is InChI=1S/C19H33N3O2/c1-14(2)15(3)23-10-9-22-8-7-16(13-22)24-18-12-20-17(11-21-18)19(4,5)6/h11-12,14-16H,7-10,13H2,1-6H3/t15-,16+/m0/s1. The van der Waals surface area contributed by atoms with Crippen molar-refractivity contribution in [1.29, 1.82) is 0 Å². The van der Waals surface area contributed by atoms with Crippen LogP contribution in [0.25, 0.3) is 0 Å². The lowest BCUT2D eigenvalue weighted by atomic mass is 9.93. The van der Waals surface area contributed by atoms with E-state index >= 15 is 0 Å². The van der Waals surface area contributed by atoms with Gasteiger partial charge in [0.1, 0.15) is 6.10 Å². The van der Waals surface area contributed by atoms with Crippen LogP contribution in [-0.2, 0) is 10.2 Å². The van der Waals surface area contributed by atoms with Gasteiger partial charge in [-0.15, -0.1) is 0 Å². The van der Waals surface area contributed by atoms with E-state index in [1.54, 1.807) is 6.20 Å². The first-order chi connectivity index (χ1) is 11.3. The number of ether oxygens (including phenoxy) is 2. The summed E-state index contributed by atoms with van der Waals surface area (Å²) in [5, 5.41) is 0. The van der Waals surface area contributed by atoms with E-state index in [2.05, 4.69) is 56.4 Å². The average molecular weight is 335 g/mol. The minimum absolute atomic E-state index is 0.0167. The fourth-order valence-corrected chi connectivity index (χ4v) is 2.59. The minimum atomic E-state index is 0.0167. The van der Waals surface area contributed by atoms with E-state index < -0.39 is 0 Å². The lowest BCUT2D eigenvalue weighted by molar-refractivity contribution is 0.0239. The van der Waals surface area contributed by atoms with Crippen molar-refractivity contribution < 1.29 is 9.47 Å². The minimum Gasteiger partial charge on any atom is -0.472 e. The monoisotopic (exact) mass is 335 g/mol. The number of hydrogen-bond acceptors (Lipinski definition) is 5. The van der Waals surface area contributed by atoms with Gasteiger partial charge in [0.2, 0.25) is 5.88 Å². The van der Waals surface area contributed by atoms with Crippen molar-refractivity contribution in [1.82, 2.24) is 14.9 Å². The lowest BCUT2D eigenvalue weighted by Crippen LogP contribution is -2.30. The van der Waals surface area contributed by atoms with E-state index in [1.165, 1.54) is 0 Å². The highest BCUT2D eigenvalue weighted by molar-refractivity contribution is 5.13. The second-order valence-corrected chi connectivity index (χ2v) is 8.14. The molecule has 0 radical (unpaired) electrons. The van der Waals surface area contributed by atoms with Gasteiger partial charge in [0, 0.05) is 25.0 Å². The third-order valence-electron chi connectivity index (χ3n) is 4.64. The molecule has 2 atom stereocenters. The molecule has 5 nitrogen and oxygen atoms in total. The maximum Gasteiger partial charge on any atom is 0.232 e. The van der Waals surface area contributed by atoms with Crippen molar-refractivity contribution >= 4 is 0 Å². The van der Waals surface area contributed by atoms with Crippen LogP contribution in [0, 0.1) is 5.92 Å². The van der Waals surface area contributed by atoms with Crippen LogP contribution in [0.5, 0.6) is 5.88 Å². The van der Waals surface area contributed by atoms with Crippen LogP contribution in [0.3, 0.4) is 0 Å². The molecule has 1 saturated heterocycles. The van der Waals surface area contributed by atoms with Crippen molar-refractivity contribution in [3.8, 4) is 5.88 Å². The zero-order valence-electron chi connectivity index (χ0n) is 16.1. The van der Waals surface area contributed by atoms with Crippen molar-refractivity contribution in [2.45, 2.75) is 65.6 Å². The lowest BCUT2D eigenvalue weighted by Gasteiger charge is -2.20. The fourth-order valence-electron chi connectivity index (χ4n) is 2.59. The Kier molecular flexibility index (Phi) is 6.58. The molecule has 0 bridgehead atoms. The van der Waals surface area contributed by atoms with Gasteiger partial charge in [-0.05, 0) is 19.3 Å². The summed E-state index contributed by atoms with van der Waals surface area (Å²) in [6, 6.07) is 0. The van der Waals surface area contributed by atoms with Crippen molar-refractivity contribution in [3.63, 3.8) is 0 Å². The van der Waals surface area contributed by atoms with Gasteiger partial charge in [-0.25, -0.2) is 4.98 Å². The molecule has 1 aliphatic rings. The Labute approximate surface area is 146 Å². The molecule has 1 aromatic heterocycles. The molecule has 0 unspecified atom stereocenters. The largest absolute Gasteiger partial charge is 0.472 e. The maximum atomic E-state index is 5.98. The third kappa shape index (κ3) is 5.71. The third-order valence-corrected chi connectivity index (χ3v) is 4.64. The number of likely N-dealkylation sites (tertiary alicyclic amines) is 1. The molecular formula is C19H33N3O2. The molecule has 0 saturated carbocycles. The number of rotatable bonds is 7. The summed E-state index contributed by atoms with van der Waals surface area (Å²) in [7, 11) is 0. The molecule has 2 rings (SSSR count). The topological polar surface area (TPSA) is 47.5 Å². The van der Waals surface area contributed by atoms with Crippen LogP contribution in [0.15, 0.2) is 12.4 Å². The molecule has 0 N–H and O–H groups in total. The molecule has 5 heteroatoms. The molecule has 0 spiro atoms. The second-order valence-electron chi connectivity index (χ2n) is 8.14. The van der Waals surface area contributed by atoms with Crippen LogP contribution < -0.4 is 4.74 Å². The Morgan fingerprint density at radius 1 is 1.21 bits per heavy atom. The number of hydrogen-bond donors (Lipinski definition) is 0. The Bertz CT molecular complexity index is 496. The van der Waals surface area contributed by atoms with Crippen molar-refractivity contribution in [2.24, 2.45) is 5.92 Å². The molecule has 1 fully saturated rings. The predicted octanol–water partition coefficient (Wildman–Crippen LogP) is 3.29. The summed E-state index contributed by atoms with van der Waals surface area (Å²) in [6.45, 7) is 16.7. The maximum absolute atomic E-state index is 5.98. The fraction of sp³-hybridized carbons (Fsp3) is 0.789. The van der Waals surface area contributed by atoms with Gasteiger partial charge in [-0.3, -0.25) is 9.88 Å². The molecule has 2 heterocycles. The van der Waals surface area contributed by atoms with Gasteiger partial charge in [0.15, 0.2) is 0 Å². The van der Waals surface area contributed by atoms with Crippen molar-refractivity contribution in [3.05, 3.63) is 18.1 Å². The zero-order valence-corrected chi connectivity index (χ0v) is 16.1. The predicted molar refractivity (Wildman–Crippen MR) is 96.5 cm³/mol. The van der Waals surface area contributed by atoms with Crippen LogP contribution in [0.2, 0.25) is 0 Å². The molecule has 0 aliphatic carbocycles. The van der Waals surface area contributed by atoms with Crippen LogP contribution in [0.1, 0.15) is 53.7 Å². The summed E-state index contributed by atoms with van der Waals surface area (Å²) in [5.41, 5.74) is 1.00. The SMILES string of the molecule is CC(C)[C@H](C)OCCN1CC[C@@H](Oc2cnc(C(C)(C)C)cn2)C1.